The van der Waals surface area contributed by atoms with Gasteiger partial charge in [0.2, 0.25) is 11.9 Å². The molecule has 0 aliphatic heterocycles. The Labute approximate surface area is 132 Å². The first-order valence-corrected chi connectivity index (χ1v) is 7.61. The monoisotopic (exact) mass is 351 g/mol. The van der Waals surface area contributed by atoms with E-state index in [0.717, 1.165) is 16.6 Å². The number of ether oxygens (including phenoxy) is 1. The van der Waals surface area contributed by atoms with Crippen molar-refractivity contribution >= 4 is 27.8 Å². The molecule has 0 saturated carbocycles. The summed E-state index contributed by atoms with van der Waals surface area (Å²) in [5.41, 5.74) is 1.14. The number of benzene rings is 1. The van der Waals surface area contributed by atoms with Crippen molar-refractivity contribution in [3.63, 3.8) is 0 Å². The largest absolute Gasteiger partial charge is 0.464 e. The minimum atomic E-state index is 0.321. The van der Waals surface area contributed by atoms with Gasteiger partial charge in [-0.2, -0.15) is 15.0 Å². The first-order valence-electron chi connectivity index (χ1n) is 6.82. The van der Waals surface area contributed by atoms with Crippen LogP contribution < -0.4 is 15.4 Å². The molecule has 0 radical (unpaired) electrons. The molecule has 1 aromatic heterocycles. The van der Waals surface area contributed by atoms with Gasteiger partial charge in [0.05, 0.1) is 6.61 Å². The van der Waals surface area contributed by atoms with Crippen molar-refractivity contribution in [2.45, 2.75) is 20.4 Å². The van der Waals surface area contributed by atoms with Gasteiger partial charge in [0, 0.05) is 17.6 Å². The topological polar surface area (TPSA) is 72.0 Å². The Kier molecular flexibility index (Phi) is 5.74. The number of hydrogen-bond donors (Lipinski definition) is 2. The van der Waals surface area contributed by atoms with Crippen molar-refractivity contribution in [2.75, 3.05) is 23.8 Å². The van der Waals surface area contributed by atoms with Crippen molar-refractivity contribution in [3.05, 3.63) is 34.3 Å². The van der Waals surface area contributed by atoms with Gasteiger partial charge in [-0.05, 0) is 31.5 Å². The van der Waals surface area contributed by atoms with Gasteiger partial charge in [0.15, 0.2) is 0 Å². The molecule has 0 aliphatic rings. The summed E-state index contributed by atoms with van der Waals surface area (Å²) in [5, 5.41) is 6.24. The van der Waals surface area contributed by atoms with Crippen LogP contribution in [0.15, 0.2) is 28.7 Å². The van der Waals surface area contributed by atoms with Crippen LogP contribution in [0, 0.1) is 0 Å². The molecular weight excluding hydrogens is 334 g/mol. The molecule has 7 heteroatoms. The Morgan fingerprint density at radius 1 is 1.00 bits per heavy atom. The maximum atomic E-state index is 5.35. The summed E-state index contributed by atoms with van der Waals surface area (Å²) in [5.74, 6) is 1.00. The minimum absolute atomic E-state index is 0.321. The van der Waals surface area contributed by atoms with Crippen LogP contribution in [0.5, 0.6) is 6.01 Å². The molecule has 0 spiro atoms. The smallest absolute Gasteiger partial charge is 0.323 e. The zero-order valence-corrected chi connectivity index (χ0v) is 13.6. The van der Waals surface area contributed by atoms with Gasteiger partial charge in [0.1, 0.15) is 0 Å². The molecule has 2 N–H and O–H groups in total. The SMILES string of the molecule is CCNc1nc(NCc2ccc(Br)cc2)nc(OCC)n1. The molecule has 0 fully saturated rings. The van der Waals surface area contributed by atoms with Crippen LogP contribution in [0.2, 0.25) is 0 Å². The van der Waals surface area contributed by atoms with E-state index in [1.54, 1.807) is 0 Å². The number of anilines is 2. The van der Waals surface area contributed by atoms with E-state index in [9.17, 15) is 0 Å². The average molecular weight is 352 g/mol. The van der Waals surface area contributed by atoms with Gasteiger partial charge in [-0.1, -0.05) is 28.1 Å². The minimum Gasteiger partial charge on any atom is -0.464 e. The molecule has 21 heavy (non-hydrogen) atoms. The van der Waals surface area contributed by atoms with Gasteiger partial charge in [-0.15, -0.1) is 0 Å². The van der Waals surface area contributed by atoms with Crippen LogP contribution >= 0.6 is 15.9 Å². The fourth-order valence-corrected chi connectivity index (χ4v) is 1.91. The van der Waals surface area contributed by atoms with E-state index in [-0.39, 0.29) is 0 Å². The van der Waals surface area contributed by atoms with E-state index in [2.05, 4.69) is 41.5 Å². The van der Waals surface area contributed by atoms with Crippen molar-refractivity contribution in [1.29, 1.82) is 0 Å². The van der Waals surface area contributed by atoms with Crippen LogP contribution in [0.25, 0.3) is 0 Å². The lowest BCUT2D eigenvalue weighted by atomic mass is 10.2. The standard InChI is InChI=1S/C14H18BrN5O/c1-3-16-12-18-13(20-14(19-12)21-4-2)17-9-10-5-7-11(15)8-6-10/h5-8H,3-4,9H2,1-2H3,(H2,16,17,18,19,20). The molecule has 0 bridgehead atoms. The highest BCUT2D eigenvalue weighted by Gasteiger charge is 2.06. The van der Waals surface area contributed by atoms with Gasteiger partial charge in [-0.3, -0.25) is 0 Å². The maximum Gasteiger partial charge on any atom is 0.323 e. The van der Waals surface area contributed by atoms with Gasteiger partial charge in [-0.25, -0.2) is 0 Å². The second-order valence-corrected chi connectivity index (χ2v) is 5.12. The summed E-state index contributed by atoms with van der Waals surface area (Å²) in [4.78, 5) is 12.7. The van der Waals surface area contributed by atoms with Crippen LogP contribution in [0.1, 0.15) is 19.4 Å². The summed E-state index contributed by atoms with van der Waals surface area (Å²) in [6.07, 6.45) is 0. The Morgan fingerprint density at radius 2 is 1.67 bits per heavy atom. The Bertz CT molecular complexity index is 552. The summed E-state index contributed by atoms with van der Waals surface area (Å²) in [7, 11) is 0. The molecule has 0 amide bonds. The quantitative estimate of drug-likeness (QED) is 0.798. The Balaban J connectivity index is 2.08. The molecule has 0 aliphatic carbocycles. The van der Waals surface area contributed by atoms with Gasteiger partial charge < -0.3 is 15.4 Å². The molecule has 0 saturated heterocycles. The normalized spacial score (nSPS) is 10.2. The predicted molar refractivity (Wildman–Crippen MR) is 86.6 cm³/mol. The molecule has 2 aromatic rings. The van der Waals surface area contributed by atoms with E-state index < -0.39 is 0 Å². The lowest BCUT2D eigenvalue weighted by molar-refractivity contribution is 0.312. The third kappa shape index (κ3) is 4.86. The zero-order valence-electron chi connectivity index (χ0n) is 12.1. The highest BCUT2D eigenvalue weighted by Crippen LogP contribution is 2.14. The third-order valence-electron chi connectivity index (χ3n) is 2.59. The van der Waals surface area contributed by atoms with Crippen molar-refractivity contribution in [1.82, 2.24) is 15.0 Å². The van der Waals surface area contributed by atoms with Gasteiger partial charge in [0.25, 0.3) is 0 Å². The van der Waals surface area contributed by atoms with Crippen molar-refractivity contribution in [2.24, 2.45) is 0 Å². The van der Waals surface area contributed by atoms with Crippen molar-refractivity contribution in [3.8, 4) is 6.01 Å². The maximum absolute atomic E-state index is 5.35. The summed E-state index contributed by atoms with van der Waals surface area (Å²) >= 11 is 3.42. The lowest BCUT2D eigenvalue weighted by Gasteiger charge is -2.09. The number of nitrogens with zero attached hydrogens (tertiary/aromatic N) is 3. The molecule has 6 nitrogen and oxygen atoms in total. The molecule has 1 aromatic carbocycles. The second-order valence-electron chi connectivity index (χ2n) is 4.21. The van der Waals surface area contributed by atoms with E-state index in [0.29, 0.717) is 31.1 Å². The van der Waals surface area contributed by atoms with Crippen molar-refractivity contribution < 1.29 is 4.74 Å². The predicted octanol–water partition coefficient (Wildman–Crippen LogP) is 3.08. The molecule has 0 unspecified atom stereocenters. The first kappa shape index (κ1) is 15.5. The van der Waals surface area contributed by atoms with E-state index in [1.165, 1.54) is 0 Å². The molecule has 2 rings (SSSR count). The van der Waals surface area contributed by atoms with Gasteiger partial charge >= 0.3 is 6.01 Å². The van der Waals surface area contributed by atoms with E-state index in [4.69, 9.17) is 4.74 Å². The Morgan fingerprint density at radius 3 is 2.29 bits per heavy atom. The second kappa shape index (κ2) is 7.78. The summed E-state index contributed by atoms with van der Waals surface area (Å²) in [6.45, 7) is 5.77. The van der Waals surface area contributed by atoms with E-state index in [1.807, 2.05) is 38.1 Å². The highest BCUT2D eigenvalue weighted by atomic mass is 79.9. The zero-order chi connectivity index (χ0) is 15.1. The molecular formula is C14H18BrN5O. The summed E-state index contributed by atoms with van der Waals surface area (Å²) < 4.78 is 6.41. The lowest BCUT2D eigenvalue weighted by Crippen LogP contribution is -2.10. The number of rotatable bonds is 7. The van der Waals surface area contributed by atoms with Crippen LogP contribution in [0.4, 0.5) is 11.9 Å². The fourth-order valence-electron chi connectivity index (χ4n) is 1.65. The van der Waals surface area contributed by atoms with Crippen LogP contribution in [0.3, 0.4) is 0 Å². The Hall–Kier alpha value is -1.89. The third-order valence-corrected chi connectivity index (χ3v) is 3.12. The molecule has 0 atom stereocenters. The average Bonchev–Trinajstić information content (AvgIpc) is 2.47. The van der Waals surface area contributed by atoms with Crippen LogP contribution in [-0.2, 0) is 6.54 Å². The number of halogens is 1. The first-order chi connectivity index (χ1) is 10.2. The van der Waals surface area contributed by atoms with E-state index >= 15 is 0 Å². The number of nitrogens with one attached hydrogen (secondary N) is 2. The summed E-state index contributed by atoms with van der Waals surface area (Å²) in [6, 6.07) is 8.39. The number of aromatic nitrogens is 3. The number of hydrogen-bond acceptors (Lipinski definition) is 6. The fraction of sp³-hybridized carbons (Fsp3) is 0.357. The highest BCUT2D eigenvalue weighted by molar-refractivity contribution is 9.10. The molecule has 112 valence electrons. The van der Waals surface area contributed by atoms with Crippen LogP contribution in [-0.4, -0.2) is 28.1 Å². The molecule has 1 heterocycles.